The molecule has 0 saturated heterocycles. The number of anilines is 1. The largest absolute Gasteiger partial charge is 0.445 e. The summed E-state index contributed by atoms with van der Waals surface area (Å²) in [6.45, 7) is 0.184. The van der Waals surface area contributed by atoms with Crippen LogP contribution in [0, 0.1) is 0 Å². The van der Waals surface area contributed by atoms with Crippen molar-refractivity contribution in [3.63, 3.8) is 0 Å². The molecule has 2 aromatic carbocycles. The molecule has 1 saturated carbocycles. The second-order valence-electron chi connectivity index (χ2n) is 5.59. The topological polar surface area (TPSA) is 67.4 Å². The molecule has 1 aliphatic rings. The number of amides is 2. The minimum absolute atomic E-state index is 0.184. The van der Waals surface area contributed by atoms with Gasteiger partial charge in [-0.15, -0.1) is 0 Å². The van der Waals surface area contributed by atoms with Gasteiger partial charge in [-0.3, -0.25) is 4.79 Å². The standard InChI is InChI=1S/C18H18N2O3/c21-16(19-15-9-5-2-6-10-15)18(11-12-18)20-17(22)23-13-14-7-3-1-4-8-14/h1-10H,11-13H2,(H,19,21)(H,20,22). The van der Waals surface area contributed by atoms with E-state index in [1.165, 1.54) is 0 Å². The first kappa shape index (κ1) is 15.1. The second-order valence-corrected chi connectivity index (χ2v) is 5.59. The molecule has 1 aliphatic carbocycles. The Morgan fingerprint density at radius 1 is 0.957 bits per heavy atom. The number of para-hydroxylation sites is 1. The number of hydrogen-bond acceptors (Lipinski definition) is 3. The Kier molecular flexibility index (Phi) is 4.28. The van der Waals surface area contributed by atoms with Gasteiger partial charge in [0.25, 0.3) is 0 Å². The minimum Gasteiger partial charge on any atom is -0.445 e. The zero-order valence-electron chi connectivity index (χ0n) is 12.6. The van der Waals surface area contributed by atoms with Crippen LogP contribution in [0.15, 0.2) is 60.7 Å². The average molecular weight is 310 g/mol. The third-order valence-corrected chi connectivity index (χ3v) is 3.77. The van der Waals surface area contributed by atoms with Gasteiger partial charge in [0.2, 0.25) is 5.91 Å². The number of carbonyl (C=O) groups is 2. The van der Waals surface area contributed by atoms with Crippen molar-refractivity contribution in [2.45, 2.75) is 25.0 Å². The molecule has 0 atom stereocenters. The van der Waals surface area contributed by atoms with Gasteiger partial charge >= 0.3 is 6.09 Å². The summed E-state index contributed by atoms with van der Waals surface area (Å²) in [4.78, 5) is 24.2. The zero-order valence-corrected chi connectivity index (χ0v) is 12.6. The third kappa shape index (κ3) is 3.88. The molecule has 0 aliphatic heterocycles. The molecule has 0 unspecified atom stereocenters. The Labute approximate surface area is 134 Å². The van der Waals surface area contributed by atoms with Gasteiger partial charge in [0.15, 0.2) is 0 Å². The van der Waals surface area contributed by atoms with Gasteiger partial charge in [-0.05, 0) is 30.5 Å². The van der Waals surface area contributed by atoms with Crippen molar-refractivity contribution in [1.82, 2.24) is 5.32 Å². The van der Waals surface area contributed by atoms with Crippen LogP contribution < -0.4 is 10.6 Å². The van der Waals surface area contributed by atoms with E-state index in [2.05, 4.69) is 10.6 Å². The van der Waals surface area contributed by atoms with Gasteiger partial charge in [-0.2, -0.15) is 0 Å². The van der Waals surface area contributed by atoms with Gasteiger partial charge in [-0.1, -0.05) is 48.5 Å². The zero-order chi connectivity index (χ0) is 16.1. The second kappa shape index (κ2) is 6.52. The van der Waals surface area contributed by atoms with E-state index in [1.807, 2.05) is 60.7 Å². The predicted molar refractivity (Wildman–Crippen MR) is 86.8 cm³/mol. The number of ether oxygens (including phenoxy) is 1. The van der Waals surface area contributed by atoms with Crippen LogP contribution in [0.4, 0.5) is 10.5 Å². The number of benzene rings is 2. The summed E-state index contributed by atoms with van der Waals surface area (Å²) in [5, 5.41) is 5.50. The van der Waals surface area contributed by atoms with E-state index in [0.29, 0.717) is 18.5 Å². The predicted octanol–water partition coefficient (Wildman–Crippen LogP) is 3.08. The van der Waals surface area contributed by atoms with E-state index in [4.69, 9.17) is 4.74 Å². The Balaban J connectivity index is 1.52. The molecule has 0 aromatic heterocycles. The highest BCUT2D eigenvalue weighted by Crippen LogP contribution is 2.36. The first-order valence-corrected chi connectivity index (χ1v) is 7.53. The fraction of sp³-hybridized carbons (Fsp3) is 0.222. The lowest BCUT2D eigenvalue weighted by atomic mass is 10.2. The Morgan fingerprint density at radius 2 is 1.57 bits per heavy atom. The molecule has 0 bridgehead atoms. The summed E-state index contributed by atoms with van der Waals surface area (Å²) in [5.74, 6) is -0.208. The molecule has 2 aromatic rings. The molecule has 23 heavy (non-hydrogen) atoms. The van der Waals surface area contributed by atoms with Crippen molar-refractivity contribution in [3.05, 3.63) is 66.2 Å². The van der Waals surface area contributed by atoms with Crippen LogP contribution in [0.5, 0.6) is 0 Å². The molecule has 0 heterocycles. The Bertz CT molecular complexity index is 682. The summed E-state index contributed by atoms with van der Waals surface area (Å²) in [7, 11) is 0. The molecule has 118 valence electrons. The number of nitrogens with one attached hydrogen (secondary N) is 2. The molecule has 5 heteroatoms. The average Bonchev–Trinajstić information content (AvgIpc) is 3.36. The van der Waals surface area contributed by atoms with Crippen molar-refractivity contribution in [2.75, 3.05) is 5.32 Å². The summed E-state index contributed by atoms with van der Waals surface area (Å²) < 4.78 is 5.17. The van der Waals surface area contributed by atoms with Crippen LogP contribution >= 0.6 is 0 Å². The highest BCUT2D eigenvalue weighted by Gasteiger charge is 2.51. The quantitative estimate of drug-likeness (QED) is 0.892. The van der Waals surface area contributed by atoms with E-state index < -0.39 is 11.6 Å². The number of hydrogen-bond donors (Lipinski definition) is 2. The summed E-state index contributed by atoms with van der Waals surface area (Å²) in [6.07, 6.45) is 0.660. The van der Waals surface area contributed by atoms with Crippen molar-refractivity contribution in [1.29, 1.82) is 0 Å². The number of rotatable bonds is 5. The number of alkyl carbamates (subject to hydrolysis) is 1. The van der Waals surface area contributed by atoms with Gasteiger partial charge in [0.05, 0.1) is 0 Å². The molecule has 0 radical (unpaired) electrons. The molecule has 5 nitrogen and oxygen atoms in total. The molecule has 0 spiro atoms. The SMILES string of the molecule is O=C(NC1(C(=O)Nc2ccccc2)CC1)OCc1ccccc1. The van der Waals surface area contributed by atoms with Gasteiger partial charge in [0, 0.05) is 5.69 Å². The van der Waals surface area contributed by atoms with Crippen LogP contribution in [-0.2, 0) is 16.1 Å². The van der Waals surface area contributed by atoms with Crippen molar-refractivity contribution >= 4 is 17.7 Å². The van der Waals surface area contributed by atoms with Crippen LogP contribution in [0.2, 0.25) is 0 Å². The Morgan fingerprint density at radius 3 is 2.17 bits per heavy atom. The molecule has 2 N–H and O–H groups in total. The Hall–Kier alpha value is -2.82. The van der Waals surface area contributed by atoms with Crippen LogP contribution in [0.1, 0.15) is 18.4 Å². The maximum atomic E-state index is 12.3. The van der Waals surface area contributed by atoms with E-state index >= 15 is 0 Å². The minimum atomic E-state index is -0.844. The normalized spacial score (nSPS) is 14.6. The van der Waals surface area contributed by atoms with Crippen molar-refractivity contribution in [2.24, 2.45) is 0 Å². The molecule has 3 rings (SSSR count). The molecule has 1 fully saturated rings. The summed E-state index contributed by atoms with van der Waals surface area (Å²) in [6, 6.07) is 18.6. The summed E-state index contributed by atoms with van der Waals surface area (Å²) in [5.41, 5.74) is 0.772. The van der Waals surface area contributed by atoms with Crippen LogP contribution in [-0.4, -0.2) is 17.5 Å². The van der Waals surface area contributed by atoms with Crippen LogP contribution in [0.25, 0.3) is 0 Å². The van der Waals surface area contributed by atoms with Crippen molar-refractivity contribution in [3.8, 4) is 0 Å². The highest BCUT2D eigenvalue weighted by atomic mass is 16.5. The third-order valence-electron chi connectivity index (χ3n) is 3.77. The van der Waals surface area contributed by atoms with E-state index in [9.17, 15) is 9.59 Å². The summed E-state index contributed by atoms with van der Waals surface area (Å²) >= 11 is 0. The van der Waals surface area contributed by atoms with E-state index in [0.717, 1.165) is 5.56 Å². The molecular formula is C18H18N2O3. The lowest BCUT2D eigenvalue weighted by Gasteiger charge is -2.17. The molecular weight excluding hydrogens is 292 g/mol. The lowest BCUT2D eigenvalue weighted by Crippen LogP contribution is -2.46. The monoisotopic (exact) mass is 310 g/mol. The smallest absolute Gasteiger partial charge is 0.408 e. The lowest BCUT2D eigenvalue weighted by molar-refractivity contribution is -0.119. The maximum absolute atomic E-state index is 12.3. The number of carbonyl (C=O) groups excluding carboxylic acids is 2. The highest BCUT2D eigenvalue weighted by molar-refractivity contribution is 6.02. The first-order chi connectivity index (χ1) is 11.2. The van der Waals surface area contributed by atoms with Crippen LogP contribution in [0.3, 0.4) is 0 Å². The fourth-order valence-electron chi connectivity index (χ4n) is 2.26. The first-order valence-electron chi connectivity index (χ1n) is 7.53. The fourth-order valence-corrected chi connectivity index (χ4v) is 2.26. The van der Waals surface area contributed by atoms with E-state index in [-0.39, 0.29) is 12.5 Å². The van der Waals surface area contributed by atoms with Crippen molar-refractivity contribution < 1.29 is 14.3 Å². The molecule has 2 amide bonds. The van der Waals surface area contributed by atoms with Gasteiger partial charge in [-0.25, -0.2) is 4.79 Å². The maximum Gasteiger partial charge on any atom is 0.408 e. The van der Waals surface area contributed by atoms with Gasteiger partial charge < -0.3 is 15.4 Å². The van der Waals surface area contributed by atoms with E-state index in [1.54, 1.807) is 0 Å². The van der Waals surface area contributed by atoms with Gasteiger partial charge in [0.1, 0.15) is 12.1 Å².